The number of carbonyl (C=O) groups excluding carboxylic acids is 1. The maximum absolute atomic E-state index is 9.98. The number of aldehydes is 1. The van der Waals surface area contributed by atoms with Gasteiger partial charge in [-0.2, -0.15) is 0 Å². The van der Waals surface area contributed by atoms with Gasteiger partial charge in [0.2, 0.25) is 0 Å². The monoisotopic (exact) mass is 112 g/mol. The number of hydrogen-bond acceptors (Lipinski definition) is 2. The highest BCUT2D eigenvalue weighted by Crippen LogP contribution is 2.18. The summed E-state index contributed by atoms with van der Waals surface area (Å²) >= 11 is 0. The van der Waals surface area contributed by atoms with Gasteiger partial charge < -0.3 is 9.53 Å². The topological polar surface area (TPSA) is 26.3 Å². The van der Waals surface area contributed by atoms with E-state index in [2.05, 4.69) is 6.58 Å². The normalized spacial score (nSPS) is 35.5. The average Bonchev–Trinajstić information content (AvgIpc) is 1.66. The molecule has 8 heavy (non-hydrogen) atoms. The Morgan fingerprint density at radius 3 is 2.62 bits per heavy atom. The highest BCUT2D eigenvalue weighted by Gasteiger charge is 2.28. The van der Waals surface area contributed by atoms with Crippen LogP contribution in [0.2, 0.25) is 0 Å². The third-order valence-corrected chi connectivity index (χ3v) is 1.34. The molecule has 0 aromatic carbocycles. The molecule has 1 fully saturated rings. The number of rotatable bonds is 2. The molecule has 1 aliphatic rings. The molecular weight excluding hydrogens is 104 g/mol. The van der Waals surface area contributed by atoms with Gasteiger partial charge in [0.15, 0.2) is 0 Å². The van der Waals surface area contributed by atoms with E-state index in [1.54, 1.807) is 6.08 Å². The molecule has 1 heterocycles. The van der Waals surface area contributed by atoms with Crippen molar-refractivity contribution in [1.29, 1.82) is 0 Å². The lowest BCUT2D eigenvalue weighted by molar-refractivity contribution is -0.138. The Kier molecular flexibility index (Phi) is 1.44. The minimum absolute atomic E-state index is 0.201. The Hall–Kier alpha value is -0.630. The molecule has 2 nitrogen and oxygen atoms in total. The van der Waals surface area contributed by atoms with Crippen LogP contribution in [0.5, 0.6) is 0 Å². The van der Waals surface area contributed by atoms with Crippen LogP contribution in [-0.2, 0) is 9.53 Å². The van der Waals surface area contributed by atoms with Crippen molar-refractivity contribution in [3.63, 3.8) is 0 Å². The van der Waals surface area contributed by atoms with Crippen LogP contribution >= 0.6 is 0 Å². The van der Waals surface area contributed by atoms with Gasteiger partial charge in [-0.1, -0.05) is 6.08 Å². The second kappa shape index (κ2) is 2.09. The zero-order valence-electron chi connectivity index (χ0n) is 4.54. The first-order valence-corrected chi connectivity index (χ1v) is 2.58. The van der Waals surface area contributed by atoms with E-state index in [9.17, 15) is 4.79 Å². The van der Waals surface area contributed by atoms with E-state index in [-0.39, 0.29) is 12.0 Å². The van der Waals surface area contributed by atoms with Crippen LogP contribution in [0.1, 0.15) is 0 Å². The van der Waals surface area contributed by atoms with Crippen molar-refractivity contribution >= 4 is 6.29 Å². The summed E-state index contributed by atoms with van der Waals surface area (Å²) in [5, 5.41) is 0. The Morgan fingerprint density at radius 1 is 1.75 bits per heavy atom. The molecule has 1 aliphatic heterocycles. The largest absolute Gasteiger partial charge is 0.369 e. The lowest BCUT2D eigenvalue weighted by Gasteiger charge is -2.29. The molecule has 2 unspecified atom stereocenters. The summed E-state index contributed by atoms with van der Waals surface area (Å²) in [5.41, 5.74) is 0. The predicted octanol–water partition coefficient (Wildman–Crippen LogP) is 0.386. The van der Waals surface area contributed by atoms with Crippen molar-refractivity contribution in [2.45, 2.75) is 6.10 Å². The van der Waals surface area contributed by atoms with Gasteiger partial charge in [-0.15, -0.1) is 6.58 Å². The first kappa shape index (κ1) is 5.51. The molecule has 0 bridgehead atoms. The Balaban J connectivity index is 2.36. The van der Waals surface area contributed by atoms with E-state index in [4.69, 9.17) is 4.74 Å². The second-order valence-electron chi connectivity index (χ2n) is 1.83. The number of hydrogen-bond donors (Lipinski definition) is 0. The van der Waals surface area contributed by atoms with Gasteiger partial charge in [0, 0.05) is 5.92 Å². The first-order valence-electron chi connectivity index (χ1n) is 2.58. The summed E-state index contributed by atoms with van der Waals surface area (Å²) in [6.45, 7) is 4.20. The van der Waals surface area contributed by atoms with Crippen LogP contribution in [0.4, 0.5) is 0 Å². The van der Waals surface area contributed by atoms with Crippen molar-refractivity contribution < 1.29 is 9.53 Å². The van der Waals surface area contributed by atoms with Crippen LogP contribution in [0.3, 0.4) is 0 Å². The van der Waals surface area contributed by atoms with Crippen LogP contribution in [0.25, 0.3) is 0 Å². The Labute approximate surface area is 48.1 Å². The van der Waals surface area contributed by atoms with Crippen molar-refractivity contribution in [3.8, 4) is 0 Å². The molecule has 1 rings (SSSR count). The van der Waals surface area contributed by atoms with Gasteiger partial charge in [-0.05, 0) is 0 Å². The SMILES string of the molecule is C=CC1COC1C=O. The summed E-state index contributed by atoms with van der Waals surface area (Å²) in [6, 6.07) is 0. The minimum atomic E-state index is -0.201. The molecule has 0 N–H and O–H groups in total. The Morgan fingerprint density at radius 2 is 2.50 bits per heavy atom. The molecule has 0 spiro atoms. The maximum atomic E-state index is 9.98. The van der Waals surface area contributed by atoms with Crippen molar-refractivity contribution in [1.82, 2.24) is 0 Å². The van der Waals surface area contributed by atoms with E-state index in [1.807, 2.05) is 0 Å². The first-order chi connectivity index (χ1) is 3.88. The zero-order chi connectivity index (χ0) is 5.98. The van der Waals surface area contributed by atoms with Crippen molar-refractivity contribution in [2.24, 2.45) is 5.92 Å². The smallest absolute Gasteiger partial charge is 0.149 e. The molecule has 44 valence electrons. The molecule has 2 heteroatoms. The molecular formula is C6H8O2. The lowest BCUT2D eigenvalue weighted by Crippen LogP contribution is -2.39. The van der Waals surface area contributed by atoms with Gasteiger partial charge in [0.05, 0.1) is 6.61 Å². The van der Waals surface area contributed by atoms with E-state index in [0.29, 0.717) is 6.61 Å². The standard InChI is InChI=1S/C6H8O2/c1-2-5-4-8-6(5)3-7/h2-3,5-6H,1,4H2. The number of ether oxygens (including phenoxy) is 1. The molecule has 0 radical (unpaired) electrons. The van der Waals surface area contributed by atoms with E-state index >= 15 is 0 Å². The van der Waals surface area contributed by atoms with Gasteiger partial charge in [-0.25, -0.2) is 0 Å². The highest BCUT2D eigenvalue weighted by molar-refractivity contribution is 5.58. The molecule has 0 aromatic heterocycles. The zero-order valence-corrected chi connectivity index (χ0v) is 4.54. The highest BCUT2D eigenvalue weighted by atomic mass is 16.5. The third kappa shape index (κ3) is 0.670. The maximum Gasteiger partial charge on any atom is 0.149 e. The van der Waals surface area contributed by atoms with Crippen molar-refractivity contribution in [3.05, 3.63) is 12.7 Å². The third-order valence-electron chi connectivity index (χ3n) is 1.34. The molecule has 0 aliphatic carbocycles. The summed E-state index contributed by atoms with van der Waals surface area (Å²) < 4.78 is 4.84. The fourth-order valence-corrected chi connectivity index (χ4v) is 0.661. The summed E-state index contributed by atoms with van der Waals surface area (Å²) in [4.78, 5) is 9.98. The molecule has 0 aromatic rings. The molecule has 2 atom stereocenters. The van der Waals surface area contributed by atoms with E-state index < -0.39 is 0 Å². The minimum Gasteiger partial charge on any atom is -0.369 e. The van der Waals surface area contributed by atoms with Crippen molar-refractivity contribution in [2.75, 3.05) is 6.61 Å². The summed E-state index contributed by atoms with van der Waals surface area (Å²) in [6.07, 6.45) is 2.37. The Bertz CT molecular complexity index is 95.1. The van der Waals surface area contributed by atoms with Gasteiger partial charge >= 0.3 is 0 Å². The van der Waals surface area contributed by atoms with Crippen LogP contribution in [0, 0.1) is 5.92 Å². The second-order valence-corrected chi connectivity index (χ2v) is 1.83. The van der Waals surface area contributed by atoms with Crippen LogP contribution < -0.4 is 0 Å². The quantitative estimate of drug-likeness (QED) is 0.381. The molecule has 0 amide bonds. The fourth-order valence-electron chi connectivity index (χ4n) is 0.661. The average molecular weight is 112 g/mol. The van der Waals surface area contributed by atoms with Gasteiger partial charge in [0.1, 0.15) is 12.4 Å². The van der Waals surface area contributed by atoms with Gasteiger partial charge in [0.25, 0.3) is 0 Å². The van der Waals surface area contributed by atoms with Crippen LogP contribution in [0.15, 0.2) is 12.7 Å². The van der Waals surface area contributed by atoms with E-state index in [0.717, 1.165) is 6.29 Å². The number of carbonyl (C=O) groups is 1. The summed E-state index contributed by atoms with van der Waals surface area (Å²) in [7, 11) is 0. The van der Waals surface area contributed by atoms with Crippen LogP contribution in [-0.4, -0.2) is 19.0 Å². The molecule has 0 saturated carbocycles. The van der Waals surface area contributed by atoms with E-state index in [1.165, 1.54) is 0 Å². The van der Waals surface area contributed by atoms with Gasteiger partial charge in [-0.3, -0.25) is 0 Å². The fraction of sp³-hybridized carbons (Fsp3) is 0.500. The predicted molar refractivity (Wildman–Crippen MR) is 29.5 cm³/mol. The lowest BCUT2D eigenvalue weighted by atomic mass is 10.00. The summed E-state index contributed by atoms with van der Waals surface area (Å²) in [5.74, 6) is 0.271. The molecule has 1 saturated heterocycles.